The van der Waals surface area contributed by atoms with Gasteiger partial charge in [-0.05, 0) is 35.4 Å². The highest BCUT2D eigenvalue weighted by Gasteiger charge is 2.06. The third-order valence-electron chi connectivity index (χ3n) is 3.40. The zero-order chi connectivity index (χ0) is 16.1. The van der Waals surface area contributed by atoms with E-state index in [1.165, 1.54) is 6.07 Å². The lowest BCUT2D eigenvalue weighted by Crippen LogP contribution is -2.19. The quantitative estimate of drug-likeness (QED) is 0.614. The Morgan fingerprint density at radius 3 is 2.00 bits per heavy atom. The fourth-order valence-electron chi connectivity index (χ4n) is 2.24. The number of phenolic OH excluding ortho intramolecular Hbond substituents is 1. The minimum Gasteiger partial charge on any atom is -0.506 e. The van der Waals surface area contributed by atoms with Crippen molar-refractivity contribution < 1.29 is 9.90 Å². The lowest BCUT2D eigenvalue weighted by atomic mass is 10.1. The van der Waals surface area contributed by atoms with Crippen molar-refractivity contribution in [1.82, 2.24) is 0 Å². The van der Waals surface area contributed by atoms with Crippen LogP contribution in [-0.4, -0.2) is 11.1 Å². The summed E-state index contributed by atoms with van der Waals surface area (Å²) < 4.78 is 0. The van der Waals surface area contributed by atoms with E-state index < -0.39 is 6.03 Å². The molecule has 0 aliphatic rings. The van der Waals surface area contributed by atoms with Gasteiger partial charge in [0.05, 0.1) is 5.69 Å². The molecule has 0 fully saturated rings. The Morgan fingerprint density at radius 1 is 0.696 bits per heavy atom. The Morgan fingerprint density at radius 2 is 1.30 bits per heavy atom. The molecule has 4 nitrogen and oxygen atoms in total. The van der Waals surface area contributed by atoms with Crippen LogP contribution in [0.3, 0.4) is 0 Å². The second-order valence-electron chi connectivity index (χ2n) is 5.04. The number of phenols is 1. The molecule has 0 spiro atoms. The molecule has 23 heavy (non-hydrogen) atoms. The average Bonchev–Trinajstić information content (AvgIpc) is 2.58. The first-order chi connectivity index (χ1) is 11.2. The number of urea groups is 1. The van der Waals surface area contributed by atoms with Crippen molar-refractivity contribution in [1.29, 1.82) is 0 Å². The van der Waals surface area contributed by atoms with Crippen LogP contribution in [0.4, 0.5) is 16.2 Å². The van der Waals surface area contributed by atoms with Crippen LogP contribution in [0.1, 0.15) is 0 Å². The van der Waals surface area contributed by atoms with Gasteiger partial charge in [0, 0.05) is 5.69 Å². The number of benzene rings is 3. The Kier molecular flexibility index (Phi) is 4.25. The molecule has 0 heterocycles. The number of carbonyl (C=O) groups is 1. The molecule has 2 amide bonds. The Labute approximate surface area is 134 Å². The van der Waals surface area contributed by atoms with Crippen molar-refractivity contribution in [3.8, 4) is 16.9 Å². The molecule has 0 atom stereocenters. The molecule has 114 valence electrons. The van der Waals surface area contributed by atoms with Crippen molar-refractivity contribution in [3.05, 3.63) is 78.9 Å². The first-order valence-electron chi connectivity index (χ1n) is 7.24. The van der Waals surface area contributed by atoms with Gasteiger partial charge in [-0.2, -0.15) is 0 Å². The van der Waals surface area contributed by atoms with E-state index >= 15 is 0 Å². The Balaban J connectivity index is 1.66. The summed E-state index contributed by atoms with van der Waals surface area (Å²) in [6.45, 7) is 0. The number of anilines is 2. The van der Waals surface area contributed by atoms with Gasteiger partial charge in [0.25, 0.3) is 0 Å². The summed E-state index contributed by atoms with van der Waals surface area (Å²) >= 11 is 0. The summed E-state index contributed by atoms with van der Waals surface area (Å²) in [5, 5.41) is 15.0. The van der Waals surface area contributed by atoms with E-state index in [1.54, 1.807) is 18.2 Å². The van der Waals surface area contributed by atoms with E-state index in [1.807, 2.05) is 54.6 Å². The molecular weight excluding hydrogens is 288 g/mol. The van der Waals surface area contributed by atoms with Crippen molar-refractivity contribution >= 4 is 17.4 Å². The topological polar surface area (TPSA) is 61.4 Å². The summed E-state index contributed by atoms with van der Waals surface area (Å²) in [5.74, 6) is 0.0297. The highest BCUT2D eigenvalue weighted by Crippen LogP contribution is 2.23. The monoisotopic (exact) mass is 304 g/mol. The van der Waals surface area contributed by atoms with E-state index in [0.29, 0.717) is 11.4 Å². The number of rotatable bonds is 3. The summed E-state index contributed by atoms with van der Waals surface area (Å²) in [7, 11) is 0. The van der Waals surface area contributed by atoms with Crippen LogP contribution >= 0.6 is 0 Å². The van der Waals surface area contributed by atoms with Gasteiger partial charge in [-0.15, -0.1) is 0 Å². The van der Waals surface area contributed by atoms with Crippen LogP contribution in [-0.2, 0) is 0 Å². The summed E-state index contributed by atoms with van der Waals surface area (Å²) in [6, 6.07) is 23.8. The van der Waals surface area contributed by atoms with Gasteiger partial charge in [0.2, 0.25) is 0 Å². The zero-order valence-corrected chi connectivity index (χ0v) is 12.4. The molecule has 3 aromatic carbocycles. The number of hydrogen-bond donors (Lipinski definition) is 3. The molecule has 0 saturated carbocycles. The molecule has 0 aliphatic carbocycles. The van der Waals surface area contributed by atoms with Crippen LogP contribution < -0.4 is 10.6 Å². The smallest absolute Gasteiger partial charge is 0.323 e. The maximum Gasteiger partial charge on any atom is 0.323 e. The largest absolute Gasteiger partial charge is 0.506 e. The third kappa shape index (κ3) is 3.68. The van der Waals surface area contributed by atoms with E-state index in [-0.39, 0.29) is 5.75 Å². The summed E-state index contributed by atoms with van der Waals surface area (Å²) in [5.41, 5.74) is 3.25. The standard InChI is InChI=1S/C19H16N2O2/c22-18-9-5-4-8-17(18)21-19(23)20-16-12-10-15(11-13-16)14-6-2-1-3-7-14/h1-13,22H,(H2,20,21,23). The maximum absolute atomic E-state index is 12.0. The Bertz CT molecular complexity index is 799. The van der Waals surface area contributed by atoms with E-state index in [9.17, 15) is 9.90 Å². The van der Waals surface area contributed by atoms with Gasteiger partial charge in [0.1, 0.15) is 5.75 Å². The molecule has 0 saturated heterocycles. The van der Waals surface area contributed by atoms with Crippen molar-refractivity contribution in [2.45, 2.75) is 0 Å². The SMILES string of the molecule is O=C(Nc1ccc(-c2ccccc2)cc1)Nc1ccccc1O. The predicted molar refractivity (Wildman–Crippen MR) is 92.6 cm³/mol. The van der Waals surface area contributed by atoms with Crippen LogP contribution in [0.2, 0.25) is 0 Å². The molecule has 0 aromatic heterocycles. The first kappa shape index (κ1) is 14.7. The average molecular weight is 304 g/mol. The number of amides is 2. The van der Waals surface area contributed by atoms with Crippen LogP contribution in [0.15, 0.2) is 78.9 Å². The molecule has 0 radical (unpaired) electrons. The molecule has 0 unspecified atom stereocenters. The maximum atomic E-state index is 12.0. The zero-order valence-electron chi connectivity index (χ0n) is 12.4. The van der Waals surface area contributed by atoms with Gasteiger partial charge >= 0.3 is 6.03 Å². The minimum atomic E-state index is -0.404. The molecule has 4 heteroatoms. The van der Waals surface area contributed by atoms with Gasteiger partial charge < -0.3 is 15.7 Å². The lowest BCUT2D eigenvalue weighted by Gasteiger charge is -2.09. The second kappa shape index (κ2) is 6.66. The molecular formula is C19H16N2O2. The predicted octanol–water partition coefficient (Wildman–Crippen LogP) is 4.70. The number of hydrogen-bond acceptors (Lipinski definition) is 2. The first-order valence-corrected chi connectivity index (χ1v) is 7.24. The number of nitrogens with one attached hydrogen (secondary N) is 2. The number of para-hydroxylation sites is 2. The van der Waals surface area contributed by atoms with E-state index in [0.717, 1.165) is 11.1 Å². The van der Waals surface area contributed by atoms with Crippen LogP contribution in [0, 0.1) is 0 Å². The number of aromatic hydroxyl groups is 1. The molecule has 3 N–H and O–H groups in total. The molecule has 3 aromatic rings. The normalized spacial score (nSPS) is 10.1. The fourth-order valence-corrected chi connectivity index (χ4v) is 2.24. The number of carbonyl (C=O) groups excluding carboxylic acids is 1. The molecule has 0 bridgehead atoms. The van der Waals surface area contributed by atoms with Crippen LogP contribution in [0.5, 0.6) is 5.75 Å². The second-order valence-corrected chi connectivity index (χ2v) is 5.04. The highest BCUT2D eigenvalue weighted by molar-refractivity contribution is 6.00. The molecule has 3 rings (SSSR count). The lowest BCUT2D eigenvalue weighted by molar-refractivity contribution is 0.262. The fraction of sp³-hybridized carbons (Fsp3) is 0. The summed E-state index contributed by atoms with van der Waals surface area (Å²) in [4.78, 5) is 12.0. The third-order valence-corrected chi connectivity index (χ3v) is 3.40. The van der Waals surface area contributed by atoms with Crippen molar-refractivity contribution in [2.75, 3.05) is 10.6 Å². The van der Waals surface area contributed by atoms with Gasteiger partial charge in [0.15, 0.2) is 0 Å². The van der Waals surface area contributed by atoms with Gasteiger partial charge in [-0.25, -0.2) is 4.79 Å². The minimum absolute atomic E-state index is 0.0297. The van der Waals surface area contributed by atoms with Crippen molar-refractivity contribution in [2.24, 2.45) is 0 Å². The highest BCUT2D eigenvalue weighted by atomic mass is 16.3. The van der Waals surface area contributed by atoms with Crippen molar-refractivity contribution in [3.63, 3.8) is 0 Å². The Hall–Kier alpha value is -3.27. The van der Waals surface area contributed by atoms with E-state index in [2.05, 4.69) is 10.6 Å². The molecule has 0 aliphatic heterocycles. The van der Waals surface area contributed by atoms with Gasteiger partial charge in [-0.3, -0.25) is 0 Å². The van der Waals surface area contributed by atoms with Crippen LogP contribution in [0.25, 0.3) is 11.1 Å². The summed E-state index contributed by atoms with van der Waals surface area (Å²) in [6.07, 6.45) is 0. The van der Waals surface area contributed by atoms with Gasteiger partial charge in [-0.1, -0.05) is 54.6 Å². The van der Waals surface area contributed by atoms with E-state index in [4.69, 9.17) is 0 Å².